The van der Waals surface area contributed by atoms with Gasteiger partial charge >= 0.3 is 0 Å². The summed E-state index contributed by atoms with van der Waals surface area (Å²) in [7, 11) is 0. The van der Waals surface area contributed by atoms with Crippen molar-refractivity contribution in [1.29, 1.82) is 0 Å². The average Bonchev–Trinajstić information content (AvgIpc) is 3.19. The summed E-state index contributed by atoms with van der Waals surface area (Å²) >= 11 is 0. The maximum Gasteiger partial charge on any atom is 0.272 e. The number of amides is 1. The second-order valence-corrected chi connectivity index (χ2v) is 6.76. The smallest absolute Gasteiger partial charge is 0.272 e. The first-order valence-corrected chi connectivity index (χ1v) is 9.74. The number of rotatable bonds is 8. The summed E-state index contributed by atoms with van der Waals surface area (Å²) in [5, 5.41) is 15.6. The van der Waals surface area contributed by atoms with Crippen LogP contribution in [0, 0.1) is 10.1 Å². The predicted octanol–water partition coefficient (Wildman–Crippen LogP) is 4.71. The van der Waals surface area contributed by atoms with E-state index in [1.54, 1.807) is 22.9 Å². The van der Waals surface area contributed by atoms with Crippen LogP contribution < -0.4 is 0 Å². The van der Waals surface area contributed by atoms with Crippen molar-refractivity contribution in [3.05, 3.63) is 76.5 Å². The Kier molecular flexibility index (Phi) is 6.39. The molecule has 0 radical (unpaired) electrons. The van der Waals surface area contributed by atoms with Gasteiger partial charge in [0.05, 0.1) is 16.3 Å². The summed E-state index contributed by atoms with van der Waals surface area (Å²) in [5.41, 5.74) is 2.63. The molecule has 2 aromatic carbocycles. The molecule has 0 bridgehead atoms. The van der Waals surface area contributed by atoms with Crippen molar-refractivity contribution in [2.75, 3.05) is 13.1 Å². The van der Waals surface area contributed by atoms with Crippen molar-refractivity contribution >= 4 is 11.6 Å². The Hall–Kier alpha value is -3.48. The maximum absolute atomic E-state index is 13.3. The molecule has 0 atom stereocenters. The lowest BCUT2D eigenvalue weighted by molar-refractivity contribution is -0.384. The lowest BCUT2D eigenvalue weighted by atomic mass is 10.1. The molecule has 7 heteroatoms. The number of hydrogen-bond acceptors (Lipinski definition) is 4. The molecule has 7 nitrogen and oxygen atoms in total. The molecule has 0 aliphatic heterocycles. The summed E-state index contributed by atoms with van der Waals surface area (Å²) in [6.07, 6.45) is 1.73. The van der Waals surface area contributed by atoms with Gasteiger partial charge in [-0.15, -0.1) is 0 Å². The van der Waals surface area contributed by atoms with E-state index in [0.29, 0.717) is 30.2 Å². The Labute approximate surface area is 169 Å². The number of hydrogen-bond donors (Lipinski definition) is 0. The van der Waals surface area contributed by atoms with Gasteiger partial charge in [-0.1, -0.05) is 44.2 Å². The van der Waals surface area contributed by atoms with Crippen LogP contribution in [0.15, 0.2) is 60.7 Å². The van der Waals surface area contributed by atoms with Crippen molar-refractivity contribution < 1.29 is 9.72 Å². The number of non-ortho nitro benzene ring substituents is 1. The van der Waals surface area contributed by atoms with E-state index in [9.17, 15) is 14.9 Å². The topological polar surface area (TPSA) is 81.3 Å². The molecule has 3 aromatic rings. The molecule has 3 rings (SSSR count). The summed E-state index contributed by atoms with van der Waals surface area (Å²) < 4.78 is 1.58. The Balaban J connectivity index is 2.08. The summed E-state index contributed by atoms with van der Waals surface area (Å²) in [4.78, 5) is 25.6. The van der Waals surface area contributed by atoms with Crippen LogP contribution in [-0.2, 0) is 0 Å². The molecule has 150 valence electrons. The Morgan fingerprint density at radius 1 is 1.03 bits per heavy atom. The van der Waals surface area contributed by atoms with E-state index in [0.717, 1.165) is 18.4 Å². The van der Waals surface area contributed by atoms with E-state index < -0.39 is 4.92 Å². The lowest BCUT2D eigenvalue weighted by Gasteiger charge is -2.21. The van der Waals surface area contributed by atoms with Crippen molar-refractivity contribution in [3.8, 4) is 16.9 Å². The molecule has 0 aliphatic rings. The van der Waals surface area contributed by atoms with E-state index in [1.165, 1.54) is 12.1 Å². The fraction of sp³-hybridized carbons (Fsp3) is 0.273. The van der Waals surface area contributed by atoms with Crippen LogP contribution in [0.2, 0.25) is 0 Å². The Morgan fingerprint density at radius 2 is 1.66 bits per heavy atom. The van der Waals surface area contributed by atoms with E-state index in [4.69, 9.17) is 0 Å². The predicted molar refractivity (Wildman–Crippen MR) is 112 cm³/mol. The third-order valence-electron chi connectivity index (χ3n) is 4.58. The zero-order valence-corrected chi connectivity index (χ0v) is 16.6. The SMILES string of the molecule is CCCN(CCC)C(=O)c1cc(-c2ccccc2)nn1-c1ccc([N+](=O)[O-])cc1. The van der Waals surface area contributed by atoms with Crippen molar-refractivity contribution in [2.24, 2.45) is 0 Å². The molecule has 0 spiro atoms. The van der Waals surface area contributed by atoms with Gasteiger partial charge < -0.3 is 4.90 Å². The lowest BCUT2D eigenvalue weighted by Crippen LogP contribution is -2.33. The third kappa shape index (κ3) is 4.51. The first-order chi connectivity index (χ1) is 14.0. The van der Waals surface area contributed by atoms with E-state index in [2.05, 4.69) is 5.10 Å². The van der Waals surface area contributed by atoms with Crippen LogP contribution in [0.1, 0.15) is 37.2 Å². The second-order valence-electron chi connectivity index (χ2n) is 6.76. The van der Waals surface area contributed by atoms with Gasteiger partial charge in [0.15, 0.2) is 0 Å². The minimum atomic E-state index is -0.446. The highest BCUT2D eigenvalue weighted by Gasteiger charge is 2.22. The molecule has 0 N–H and O–H groups in total. The zero-order chi connectivity index (χ0) is 20.8. The van der Waals surface area contributed by atoms with Gasteiger partial charge in [-0.3, -0.25) is 14.9 Å². The molecule has 0 saturated heterocycles. The van der Waals surface area contributed by atoms with Crippen LogP contribution in [-0.4, -0.2) is 38.6 Å². The minimum Gasteiger partial charge on any atom is -0.337 e. The van der Waals surface area contributed by atoms with Crippen molar-refractivity contribution in [3.63, 3.8) is 0 Å². The Morgan fingerprint density at radius 3 is 2.21 bits per heavy atom. The van der Waals surface area contributed by atoms with Gasteiger partial charge in [-0.05, 0) is 31.0 Å². The molecule has 0 fully saturated rings. The third-order valence-corrected chi connectivity index (χ3v) is 4.58. The molecule has 1 aromatic heterocycles. The van der Waals surface area contributed by atoms with Crippen LogP contribution >= 0.6 is 0 Å². The molecule has 0 unspecified atom stereocenters. The molecule has 29 heavy (non-hydrogen) atoms. The second kappa shape index (κ2) is 9.14. The molecular weight excluding hydrogens is 368 g/mol. The van der Waals surface area contributed by atoms with Gasteiger partial charge in [0, 0.05) is 30.8 Å². The minimum absolute atomic E-state index is 0.00402. The first-order valence-electron chi connectivity index (χ1n) is 9.74. The standard InChI is InChI=1S/C22H24N4O3/c1-3-14-24(15-4-2)22(27)21-16-20(17-8-6-5-7-9-17)23-25(21)18-10-12-19(13-11-18)26(28)29/h5-13,16H,3-4,14-15H2,1-2H3. The van der Waals surface area contributed by atoms with Crippen molar-refractivity contribution in [1.82, 2.24) is 14.7 Å². The van der Waals surface area contributed by atoms with E-state index >= 15 is 0 Å². The fourth-order valence-corrected chi connectivity index (χ4v) is 3.21. The van der Waals surface area contributed by atoms with Gasteiger partial charge in [0.2, 0.25) is 0 Å². The highest BCUT2D eigenvalue weighted by Crippen LogP contribution is 2.24. The first kappa shape index (κ1) is 20.3. The van der Waals surface area contributed by atoms with Gasteiger partial charge in [-0.25, -0.2) is 4.68 Å². The summed E-state index contributed by atoms with van der Waals surface area (Å²) in [5.74, 6) is -0.0956. The fourth-order valence-electron chi connectivity index (χ4n) is 3.21. The van der Waals surface area contributed by atoms with E-state index in [-0.39, 0.29) is 11.6 Å². The molecule has 1 amide bonds. The Bertz CT molecular complexity index is 975. The number of carbonyl (C=O) groups excluding carboxylic acids is 1. The van der Waals surface area contributed by atoms with Crippen LogP contribution in [0.5, 0.6) is 0 Å². The summed E-state index contributed by atoms with van der Waals surface area (Å²) in [6.45, 7) is 5.41. The molecule has 1 heterocycles. The largest absolute Gasteiger partial charge is 0.337 e. The number of nitro groups is 1. The molecule has 0 aliphatic carbocycles. The molecule has 0 saturated carbocycles. The normalized spacial score (nSPS) is 10.7. The van der Waals surface area contributed by atoms with Gasteiger partial charge in [0.1, 0.15) is 5.69 Å². The number of carbonyl (C=O) groups is 1. The van der Waals surface area contributed by atoms with Crippen LogP contribution in [0.4, 0.5) is 5.69 Å². The monoisotopic (exact) mass is 392 g/mol. The highest BCUT2D eigenvalue weighted by molar-refractivity contribution is 5.94. The zero-order valence-electron chi connectivity index (χ0n) is 16.6. The summed E-state index contributed by atoms with van der Waals surface area (Å²) in [6, 6.07) is 17.5. The van der Waals surface area contributed by atoms with Gasteiger partial charge in [0.25, 0.3) is 11.6 Å². The van der Waals surface area contributed by atoms with Crippen molar-refractivity contribution in [2.45, 2.75) is 26.7 Å². The van der Waals surface area contributed by atoms with Crippen LogP contribution in [0.3, 0.4) is 0 Å². The van der Waals surface area contributed by atoms with E-state index in [1.807, 2.05) is 49.1 Å². The maximum atomic E-state index is 13.3. The number of nitro benzene ring substituents is 1. The number of nitrogens with zero attached hydrogens (tertiary/aromatic N) is 4. The van der Waals surface area contributed by atoms with Gasteiger partial charge in [-0.2, -0.15) is 5.10 Å². The average molecular weight is 392 g/mol. The highest BCUT2D eigenvalue weighted by atomic mass is 16.6. The van der Waals surface area contributed by atoms with Crippen LogP contribution in [0.25, 0.3) is 16.9 Å². The number of benzene rings is 2. The molecular formula is C22H24N4O3. The number of aromatic nitrogens is 2. The quantitative estimate of drug-likeness (QED) is 0.411.